The smallest absolute Gasteiger partial charge is 0.327 e. The minimum absolute atomic E-state index is 0.00535. The largest absolute Gasteiger partial charge is 0.451 e. The second kappa shape index (κ2) is 8.45. The van der Waals surface area contributed by atoms with E-state index < -0.39 is 36.1 Å². The van der Waals surface area contributed by atoms with Crippen LogP contribution < -0.4 is 10.6 Å². The van der Waals surface area contributed by atoms with E-state index in [1.165, 1.54) is 6.92 Å². The number of esters is 1. The van der Waals surface area contributed by atoms with E-state index in [1.807, 2.05) is 39.0 Å². The number of rotatable bonds is 5. The molecule has 8 nitrogen and oxygen atoms in total. The van der Waals surface area contributed by atoms with Crippen molar-refractivity contribution in [3.05, 3.63) is 29.3 Å². The maximum atomic E-state index is 12.9. The van der Waals surface area contributed by atoms with E-state index in [9.17, 15) is 19.2 Å². The van der Waals surface area contributed by atoms with Gasteiger partial charge in [-0.05, 0) is 50.7 Å². The van der Waals surface area contributed by atoms with E-state index in [1.54, 1.807) is 0 Å². The molecule has 4 amide bonds. The lowest BCUT2D eigenvalue weighted by Gasteiger charge is -2.36. The zero-order valence-electron chi connectivity index (χ0n) is 17.9. The topological polar surface area (TPSA) is 105 Å². The van der Waals surface area contributed by atoms with Crippen molar-refractivity contribution < 1.29 is 23.9 Å². The molecule has 1 aromatic rings. The second-order valence-corrected chi connectivity index (χ2v) is 8.33. The number of nitrogens with one attached hydrogen (secondary N) is 2. The van der Waals surface area contributed by atoms with Crippen LogP contribution >= 0.6 is 0 Å². The molecular weight excluding hydrogens is 386 g/mol. The molecule has 1 aliphatic carbocycles. The van der Waals surface area contributed by atoms with Crippen molar-refractivity contribution in [1.29, 1.82) is 0 Å². The Morgan fingerprint density at radius 2 is 1.93 bits per heavy atom. The summed E-state index contributed by atoms with van der Waals surface area (Å²) in [5.41, 5.74) is 1.54. The van der Waals surface area contributed by atoms with Gasteiger partial charge in [-0.3, -0.25) is 19.3 Å². The number of nitrogens with zero attached hydrogens (tertiary/aromatic N) is 1. The second-order valence-electron chi connectivity index (χ2n) is 8.33. The molecule has 8 heteroatoms. The molecule has 1 spiro atoms. The lowest BCUT2D eigenvalue weighted by atomic mass is 9.73. The Hall–Kier alpha value is -2.90. The molecule has 0 unspecified atom stereocenters. The normalized spacial score (nSPS) is 24.5. The van der Waals surface area contributed by atoms with E-state index in [-0.39, 0.29) is 11.8 Å². The van der Waals surface area contributed by atoms with Gasteiger partial charge in [0.25, 0.3) is 11.8 Å². The lowest BCUT2D eigenvalue weighted by molar-refractivity contribution is -0.155. The molecule has 1 saturated carbocycles. The maximum absolute atomic E-state index is 12.9. The van der Waals surface area contributed by atoms with E-state index in [0.29, 0.717) is 12.1 Å². The predicted octanol–water partition coefficient (Wildman–Crippen LogP) is 2.67. The Morgan fingerprint density at radius 3 is 2.57 bits per heavy atom. The highest BCUT2D eigenvalue weighted by Gasteiger charge is 2.55. The number of para-hydroxylation sites is 1. The van der Waals surface area contributed by atoms with Gasteiger partial charge in [0.2, 0.25) is 0 Å². The van der Waals surface area contributed by atoms with Gasteiger partial charge in [0.1, 0.15) is 12.1 Å². The molecule has 0 radical (unpaired) electrons. The van der Waals surface area contributed by atoms with Crippen molar-refractivity contribution in [1.82, 2.24) is 10.2 Å². The van der Waals surface area contributed by atoms with Crippen LogP contribution in [0.2, 0.25) is 0 Å². The first kappa shape index (κ1) is 21.8. The van der Waals surface area contributed by atoms with Crippen molar-refractivity contribution in [2.75, 3.05) is 11.9 Å². The monoisotopic (exact) mass is 415 g/mol. The summed E-state index contributed by atoms with van der Waals surface area (Å²) in [7, 11) is 0. The summed E-state index contributed by atoms with van der Waals surface area (Å²) in [6, 6.07) is 5.05. The minimum atomic E-state index is -1.07. The predicted molar refractivity (Wildman–Crippen MR) is 111 cm³/mol. The van der Waals surface area contributed by atoms with E-state index >= 15 is 0 Å². The highest BCUT2D eigenvalue weighted by Crippen LogP contribution is 2.38. The van der Waals surface area contributed by atoms with E-state index in [0.717, 1.165) is 35.3 Å². The number of urea groups is 1. The number of benzene rings is 1. The Bertz CT molecular complexity index is 863. The van der Waals surface area contributed by atoms with Crippen molar-refractivity contribution in [2.24, 2.45) is 5.92 Å². The highest BCUT2D eigenvalue weighted by atomic mass is 16.5. The zero-order chi connectivity index (χ0) is 22.1. The Balaban J connectivity index is 1.60. The fourth-order valence-corrected chi connectivity index (χ4v) is 4.29. The third kappa shape index (κ3) is 4.04. The first-order valence-corrected chi connectivity index (χ1v) is 10.4. The molecular formula is C22H29N3O5. The van der Waals surface area contributed by atoms with Crippen LogP contribution in [0.3, 0.4) is 0 Å². The Kier molecular flexibility index (Phi) is 6.14. The SMILES string of the molecule is Cc1cccc(C)c1NC(=O)[C@H](C)OC(=O)CN1C(=O)N[C@]2(CCCC[C@@H]2C)C1=O. The van der Waals surface area contributed by atoms with Gasteiger partial charge >= 0.3 is 12.0 Å². The quantitative estimate of drug-likeness (QED) is 0.568. The molecule has 1 aliphatic heterocycles. The Labute approximate surface area is 176 Å². The van der Waals surface area contributed by atoms with Crippen LogP contribution in [-0.2, 0) is 19.1 Å². The summed E-state index contributed by atoms with van der Waals surface area (Å²) < 4.78 is 5.20. The van der Waals surface area contributed by atoms with Gasteiger partial charge in [-0.2, -0.15) is 0 Å². The minimum Gasteiger partial charge on any atom is -0.451 e. The summed E-state index contributed by atoms with van der Waals surface area (Å²) in [5.74, 6) is -1.66. The molecule has 30 heavy (non-hydrogen) atoms. The van der Waals surface area contributed by atoms with Crippen LogP contribution in [0.1, 0.15) is 50.7 Å². The zero-order valence-corrected chi connectivity index (χ0v) is 17.9. The lowest BCUT2D eigenvalue weighted by Crippen LogP contribution is -2.54. The van der Waals surface area contributed by atoms with Crippen molar-refractivity contribution in [3.8, 4) is 0 Å². The third-order valence-electron chi connectivity index (χ3n) is 6.20. The van der Waals surface area contributed by atoms with Crippen LogP contribution in [0.25, 0.3) is 0 Å². The summed E-state index contributed by atoms with van der Waals surface area (Å²) >= 11 is 0. The molecule has 0 aromatic heterocycles. The number of anilines is 1. The van der Waals surface area contributed by atoms with Crippen LogP contribution in [0.4, 0.5) is 10.5 Å². The van der Waals surface area contributed by atoms with Gasteiger partial charge in [0.15, 0.2) is 6.10 Å². The van der Waals surface area contributed by atoms with E-state index in [2.05, 4.69) is 10.6 Å². The number of amides is 4. The third-order valence-corrected chi connectivity index (χ3v) is 6.20. The van der Waals surface area contributed by atoms with Crippen LogP contribution in [0.15, 0.2) is 18.2 Å². The average molecular weight is 415 g/mol. The molecule has 162 valence electrons. The molecule has 3 rings (SSSR count). The number of aryl methyl sites for hydroxylation is 2. The fourth-order valence-electron chi connectivity index (χ4n) is 4.29. The van der Waals surface area contributed by atoms with Gasteiger partial charge in [-0.25, -0.2) is 4.79 Å². The molecule has 1 aromatic carbocycles. The van der Waals surface area contributed by atoms with Crippen molar-refractivity contribution in [2.45, 2.75) is 65.0 Å². The van der Waals surface area contributed by atoms with Crippen LogP contribution in [0.5, 0.6) is 0 Å². The number of ether oxygens (including phenoxy) is 1. The summed E-state index contributed by atoms with van der Waals surface area (Å²) in [5, 5.41) is 5.57. The van der Waals surface area contributed by atoms with Gasteiger partial charge in [0.05, 0.1) is 0 Å². The molecule has 3 atom stereocenters. The summed E-state index contributed by atoms with van der Waals surface area (Å²) in [4.78, 5) is 51.0. The van der Waals surface area contributed by atoms with Crippen LogP contribution in [-0.4, -0.2) is 46.9 Å². The summed E-state index contributed by atoms with van der Waals surface area (Å²) in [6.07, 6.45) is 2.21. The summed E-state index contributed by atoms with van der Waals surface area (Å²) in [6.45, 7) is 6.63. The molecule has 2 aliphatic rings. The molecule has 1 saturated heterocycles. The van der Waals surface area contributed by atoms with Gasteiger partial charge in [-0.15, -0.1) is 0 Å². The van der Waals surface area contributed by atoms with Crippen molar-refractivity contribution in [3.63, 3.8) is 0 Å². The average Bonchev–Trinajstić information content (AvgIpc) is 2.92. The molecule has 1 heterocycles. The number of hydrogen-bond acceptors (Lipinski definition) is 5. The first-order chi connectivity index (χ1) is 14.2. The highest BCUT2D eigenvalue weighted by molar-refractivity contribution is 6.09. The maximum Gasteiger partial charge on any atom is 0.327 e. The molecule has 2 fully saturated rings. The molecule has 2 N–H and O–H groups in total. The number of carbonyl (C=O) groups is 4. The van der Waals surface area contributed by atoms with Gasteiger partial charge in [-0.1, -0.05) is 38.0 Å². The van der Waals surface area contributed by atoms with Gasteiger partial charge < -0.3 is 15.4 Å². The van der Waals surface area contributed by atoms with Crippen molar-refractivity contribution >= 4 is 29.5 Å². The number of carbonyl (C=O) groups excluding carboxylic acids is 4. The number of hydrogen-bond donors (Lipinski definition) is 2. The fraction of sp³-hybridized carbons (Fsp3) is 0.545. The van der Waals surface area contributed by atoms with Crippen LogP contribution in [0, 0.1) is 19.8 Å². The molecule has 0 bridgehead atoms. The standard InChI is InChI=1S/C22H29N3O5/c1-13-8-7-9-14(2)18(13)23-19(27)16(4)30-17(26)12-25-20(28)22(24-21(25)29)11-6-5-10-15(22)3/h7-9,15-16H,5-6,10-12H2,1-4H3,(H,23,27)(H,24,29)/t15-,16-,22-/m0/s1. The van der Waals surface area contributed by atoms with Gasteiger partial charge in [0, 0.05) is 5.69 Å². The Morgan fingerprint density at radius 1 is 1.27 bits per heavy atom. The van der Waals surface area contributed by atoms with E-state index in [4.69, 9.17) is 4.74 Å². The number of imide groups is 1. The first-order valence-electron chi connectivity index (χ1n) is 10.4.